The molecule has 3 N–H and O–H groups in total. The van der Waals surface area contributed by atoms with E-state index in [1.165, 1.54) is 18.4 Å². The number of unbranched alkanes of at least 4 members (excludes halogenated alkanes) is 2. The van der Waals surface area contributed by atoms with E-state index in [1.54, 1.807) is 0 Å². The topological polar surface area (TPSA) is 47.3 Å². The van der Waals surface area contributed by atoms with Crippen LogP contribution in [0.25, 0.3) is 0 Å². The van der Waals surface area contributed by atoms with Crippen molar-refractivity contribution in [2.45, 2.75) is 46.0 Å². The van der Waals surface area contributed by atoms with Crippen LogP contribution in [-0.2, 0) is 6.42 Å². The molecular weight excluding hydrogens is 284 g/mol. The molecule has 0 saturated carbocycles. The molecule has 3 nitrogen and oxygen atoms in total. The minimum Gasteiger partial charge on any atom is -0.457 e. The number of benzene rings is 2. The Hall–Kier alpha value is -2.16. The monoisotopic (exact) mass is 312 g/mol. The van der Waals surface area contributed by atoms with Gasteiger partial charge in [0.05, 0.1) is 11.4 Å². The molecule has 0 atom stereocenters. The highest BCUT2D eigenvalue weighted by molar-refractivity contribution is 5.68. The predicted octanol–water partition coefficient (Wildman–Crippen LogP) is 5.62. The van der Waals surface area contributed by atoms with E-state index in [1.807, 2.05) is 30.3 Å². The van der Waals surface area contributed by atoms with E-state index in [0.29, 0.717) is 0 Å². The van der Waals surface area contributed by atoms with Gasteiger partial charge in [-0.1, -0.05) is 38.8 Å². The van der Waals surface area contributed by atoms with E-state index >= 15 is 0 Å². The smallest absolute Gasteiger partial charge is 0.129 e. The lowest BCUT2D eigenvalue weighted by atomic mass is 10.1. The molecule has 0 spiro atoms. The van der Waals surface area contributed by atoms with E-state index in [9.17, 15) is 0 Å². The fourth-order valence-electron chi connectivity index (χ4n) is 2.39. The molecule has 3 heteroatoms. The molecule has 0 unspecified atom stereocenters. The Labute approximate surface area is 139 Å². The molecular formula is C20H28N2O. The van der Waals surface area contributed by atoms with E-state index in [2.05, 4.69) is 31.3 Å². The van der Waals surface area contributed by atoms with Crippen LogP contribution in [-0.4, -0.2) is 6.54 Å². The fraction of sp³-hybridized carbons (Fsp3) is 0.400. The number of hydrogen-bond acceptors (Lipinski definition) is 3. The molecule has 0 radical (unpaired) electrons. The lowest BCUT2D eigenvalue weighted by Gasteiger charge is -2.12. The number of ether oxygens (including phenoxy) is 1. The first-order chi connectivity index (χ1) is 11.2. The summed E-state index contributed by atoms with van der Waals surface area (Å²) < 4.78 is 5.94. The molecule has 2 aromatic rings. The second-order valence-corrected chi connectivity index (χ2v) is 5.88. The van der Waals surface area contributed by atoms with Gasteiger partial charge in [-0.15, -0.1) is 0 Å². The number of aryl methyl sites for hydroxylation is 1. The van der Waals surface area contributed by atoms with Crippen molar-refractivity contribution >= 4 is 11.4 Å². The van der Waals surface area contributed by atoms with E-state index in [0.717, 1.165) is 48.7 Å². The molecule has 2 aromatic carbocycles. The summed E-state index contributed by atoms with van der Waals surface area (Å²) in [5, 5.41) is 3.37. The largest absolute Gasteiger partial charge is 0.457 e. The van der Waals surface area contributed by atoms with E-state index < -0.39 is 0 Å². The summed E-state index contributed by atoms with van der Waals surface area (Å²) in [6.45, 7) is 5.32. The molecule has 0 aliphatic heterocycles. The van der Waals surface area contributed by atoms with Crippen LogP contribution in [0.2, 0.25) is 0 Å². The second-order valence-electron chi connectivity index (χ2n) is 5.88. The molecule has 0 aliphatic rings. The van der Waals surface area contributed by atoms with Crippen LogP contribution < -0.4 is 15.8 Å². The van der Waals surface area contributed by atoms with Gasteiger partial charge in [0.2, 0.25) is 0 Å². The van der Waals surface area contributed by atoms with Gasteiger partial charge in [-0.3, -0.25) is 0 Å². The quantitative estimate of drug-likeness (QED) is 0.467. The summed E-state index contributed by atoms with van der Waals surface area (Å²) in [4.78, 5) is 0. The summed E-state index contributed by atoms with van der Waals surface area (Å²) in [6.07, 6.45) is 5.86. The summed E-state index contributed by atoms with van der Waals surface area (Å²) >= 11 is 0. The van der Waals surface area contributed by atoms with Gasteiger partial charge in [0.1, 0.15) is 11.5 Å². The maximum Gasteiger partial charge on any atom is 0.129 e. The van der Waals surface area contributed by atoms with Crippen molar-refractivity contribution < 1.29 is 4.74 Å². The average Bonchev–Trinajstić information content (AvgIpc) is 2.57. The van der Waals surface area contributed by atoms with Crippen LogP contribution in [0, 0.1) is 0 Å². The average molecular weight is 312 g/mol. The Morgan fingerprint density at radius 2 is 1.61 bits per heavy atom. The minimum atomic E-state index is 0.753. The normalized spacial score (nSPS) is 10.5. The Bertz CT molecular complexity index is 593. The van der Waals surface area contributed by atoms with E-state index in [4.69, 9.17) is 10.5 Å². The van der Waals surface area contributed by atoms with Crippen molar-refractivity contribution in [3.05, 3.63) is 48.0 Å². The number of nitrogens with two attached hydrogens (primary N) is 1. The first-order valence-electron chi connectivity index (χ1n) is 8.63. The molecule has 0 aliphatic carbocycles. The molecule has 0 saturated heterocycles. The molecule has 0 bridgehead atoms. The maximum absolute atomic E-state index is 6.01. The minimum absolute atomic E-state index is 0.753. The highest BCUT2D eigenvalue weighted by Crippen LogP contribution is 2.28. The molecule has 0 aromatic heterocycles. The number of nitrogen functional groups attached to an aromatic ring is 1. The number of nitrogens with one attached hydrogen (secondary N) is 1. The highest BCUT2D eigenvalue weighted by atomic mass is 16.5. The number of anilines is 2. The van der Waals surface area contributed by atoms with Gasteiger partial charge in [0, 0.05) is 12.6 Å². The lowest BCUT2D eigenvalue weighted by Crippen LogP contribution is -2.03. The lowest BCUT2D eigenvalue weighted by molar-refractivity contribution is 0.482. The summed E-state index contributed by atoms with van der Waals surface area (Å²) in [6, 6.07) is 14.1. The Balaban J connectivity index is 2.00. The zero-order chi connectivity index (χ0) is 16.5. The fourth-order valence-corrected chi connectivity index (χ4v) is 2.39. The van der Waals surface area contributed by atoms with E-state index in [-0.39, 0.29) is 0 Å². The van der Waals surface area contributed by atoms with Crippen molar-refractivity contribution in [2.24, 2.45) is 0 Å². The van der Waals surface area contributed by atoms with Gasteiger partial charge < -0.3 is 15.8 Å². The van der Waals surface area contributed by atoms with Crippen molar-refractivity contribution in [3.8, 4) is 11.5 Å². The van der Waals surface area contributed by atoms with Crippen molar-refractivity contribution in [2.75, 3.05) is 17.6 Å². The Morgan fingerprint density at radius 1 is 0.913 bits per heavy atom. The van der Waals surface area contributed by atoms with Gasteiger partial charge in [-0.05, 0) is 49.1 Å². The number of hydrogen-bond donors (Lipinski definition) is 2. The van der Waals surface area contributed by atoms with Gasteiger partial charge in [0.15, 0.2) is 0 Å². The summed E-state index contributed by atoms with van der Waals surface area (Å²) in [7, 11) is 0. The molecule has 0 fully saturated rings. The predicted molar refractivity (Wildman–Crippen MR) is 99.4 cm³/mol. The Kier molecular flexibility index (Phi) is 6.79. The Morgan fingerprint density at radius 3 is 2.30 bits per heavy atom. The van der Waals surface area contributed by atoms with Crippen LogP contribution in [0.15, 0.2) is 42.5 Å². The van der Waals surface area contributed by atoms with Gasteiger partial charge >= 0.3 is 0 Å². The summed E-state index contributed by atoms with van der Waals surface area (Å²) in [5.74, 6) is 1.66. The first kappa shape index (κ1) is 17.2. The standard InChI is InChI=1S/C20H28N2O/c1-3-5-7-16-8-10-17(11-9-16)23-18-12-13-19(21)20(15-18)22-14-6-4-2/h8-13,15,22H,3-7,14,21H2,1-2H3. The van der Waals surface area contributed by atoms with Crippen LogP contribution in [0.4, 0.5) is 11.4 Å². The molecule has 124 valence electrons. The van der Waals surface area contributed by atoms with Gasteiger partial charge in [-0.25, -0.2) is 0 Å². The highest BCUT2D eigenvalue weighted by Gasteiger charge is 2.03. The van der Waals surface area contributed by atoms with Gasteiger partial charge in [0.25, 0.3) is 0 Å². The molecule has 0 heterocycles. The van der Waals surface area contributed by atoms with Crippen LogP contribution in [0.5, 0.6) is 11.5 Å². The molecule has 2 rings (SSSR count). The molecule has 23 heavy (non-hydrogen) atoms. The third-order valence-corrected chi connectivity index (χ3v) is 3.85. The van der Waals surface area contributed by atoms with Crippen LogP contribution in [0.3, 0.4) is 0 Å². The second kappa shape index (κ2) is 9.09. The number of rotatable bonds is 9. The third-order valence-electron chi connectivity index (χ3n) is 3.85. The maximum atomic E-state index is 6.01. The zero-order valence-electron chi connectivity index (χ0n) is 14.3. The zero-order valence-corrected chi connectivity index (χ0v) is 14.3. The van der Waals surface area contributed by atoms with Crippen molar-refractivity contribution in [1.29, 1.82) is 0 Å². The third kappa shape index (κ3) is 5.51. The SMILES string of the molecule is CCCCNc1cc(Oc2ccc(CCCC)cc2)ccc1N. The van der Waals surface area contributed by atoms with Gasteiger partial charge in [-0.2, -0.15) is 0 Å². The van der Waals surface area contributed by atoms with Crippen molar-refractivity contribution in [3.63, 3.8) is 0 Å². The molecule has 0 amide bonds. The van der Waals surface area contributed by atoms with Crippen LogP contribution in [0.1, 0.15) is 45.1 Å². The first-order valence-corrected chi connectivity index (χ1v) is 8.63. The van der Waals surface area contributed by atoms with Crippen LogP contribution >= 0.6 is 0 Å². The van der Waals surface area contributed by atoms with Crippen molar-refractivity contribution in [1.82, 2.24) is 0 Å². The summed E-state index contributed by atoms with van der Waals surface area (Å²) in [5.41, 5.74) is 9.07.